The Morgan fingerprint density at radius 1 is 1.47 bits per heavy atom. The molecule has 1 unspecified atom stereocenters. The number of halogens is 3. The Hall–Kier alpha value is -1.17. The van der Waals surface area contributed by atoms with E-state index in [9.17, 15) is 18.0 Å². The maximum atomic E-state index is 12.5. The highest BCUT2D eigenvalue weighted by molar-refractivity contribution is 8.00. The Morgan fingerprint density at radius 3 is 2.76 bits per heavy atom. The summed E-state index contributed by atoms with van der Waals surface area (Å²) in [7, 11) is 0. The summed E-state index contributed by atoms with van der Waals surface area (Å²) in [6.07, 6.45) is -3.98. The summed E-state index contributed by atoms with van der Waals surface area (Å²) in [6.45, 7) is 0. The molecular weight excluding hydrogens is 253 g/mol. The van der Waals surface area contributed by atoms with Crippen LogP contribution < -0.4 is 0 Å². The number of aliphatic carboxylic acids is 1. The summed E-state index contributed by atoms with van der Waals surface area (Å²) in [5.74, 6) is -0.925. The second-order valence-corrected chi connectivity index (χ2v) is 5.20. The normalized spacial score (nSPS) is 19.1. The zero-order chi connectivity index (χ0) is 12.6. The molecule has 1 aromatic carbocycles. The molecule has 0 aromatic heterocycles. The van der Waals surface area contributed by atoms with Crippen molar-refractivity contribution in [3.63, 3.8) is 0 Å². The molecule has 92 valence electrons. The van der Waals surface area contributed by atoms with Gasteiger partial charge in [-0.05, 0) is 30.2 Å². The van der Waals surface area contributed by atoms with Crippen LogP contribution in [0.5, 0.6) is 0 Å². The summed E-state index contributed by atoms with van der Waals surface area (Å²) in [4.78, 5) is 11.3. The molecule has 1 N–H and O–H groups in total. The van der Waals surface area contributed by atoms with Gasteiger partial charge >= 0.3 is 12.1 Å². The van der Waals surface area contributed by atoms with E-state index in [2.05, 4.69) is 0 Å². The summed E-state index contributed by atoms with van der Waals surface area (Å²) >= 11 is 1.34. The molecule has 1 aliphatic rings. The van der Waals surface area contributed by atoms with E-state index in [-0.39, 0.29) is 11.7 Å². The minimum Gasteiger partial charge on any atom is -0.481 e. The predicted molar refractivity (Wildman–Crippen MR) is 57.0 cm³/mol. The molecule has 1 atom stereocenters. The average molecular weight is 262 g/mol. The van der Waals surface area contributed by atoms with Gasteiger partial charge in [0.1, 0.15) is 0 Å². The van der Waals surface area contributed by atoms with Gasteiger partial charge in [0.05, 0.1) is 12.0 Å². The lowest BCUT2D eigenvalue weighted by Crippen LogP contribution is -2.09. The molecule has 0 saturated carbocycles. The van der Waals surface area contributed by atoms with Crippen molar-refractivity contribution in [2.75, 3.05) is 0 Å². The molecule has 6 heteroatoms. The zero-order valence-electron chi connectivity index (χ0n) is 8.62. The molecule has 0 saturated heterocycles. The van der Waals surface area contributed by atoms with Gasteiger partial charge in [-0.25, -0.2) is 0 Å². The molecule has 0 spiro atoms. The number of carboxylic acid groups (broad SMARTS) is 1. The molecule has 2 nitrogen and oxygen atoms in total. The highest BCUT2D eigenvalue weighted by Crippen LogP contribution is 2.41. The van der Waals surface area contributed by atoms with E-state index in [1.807, 2.05) is 0 Å². The highest BCUT2D eigenvalue weighted by atomic mass is 32.2. The van der Waals surface area contributed by atoms with Gasteiger partial charge in [0.15, 0.2) is 0 Å². The van der Waals surface area contributed by atoms with Crippen LogP contribution in [0.25, 0.3) is 0 Å². The van der Waals surface area contributed by atoms with Gasteiger partial charge < -0.3 is 5.11 Å². The predicted octanol–water partition coefficient (Wildman–Crippen LogP) is 3.20. The monoisotopic (exact) mass is 262 g/mol. The first kappa shape index (κ1) is 12.3. The van der Waals surface area contributed by atoms with Crippen LogP contribution in [-0.2, 0) is 17.4 Å². The molecule has 0 fully saturated rings. The smallest absolute Gasteiger partial charge is 0.416 e. The van der Waals surface area contributed by atoms with Crippen LogP contribution >= 0.6 is 11.8 Å². The summed E-state index contributed by atoms with van der Waals surface area (Å²) in [6, 6.07) is 3.57. The van der Waals surface area contributed by atoms with Gasteiger partial charge in [-0.3, -0.25) is 4.79 Å². The molecule has 0 amide bonds. The van der Waals surface area contributed by atoms with E-state index in [4.69, 9.17) is 5.11 Å². The van der Waals surface area contributed by atoms with Crippen LogP contribution in [-0.4, -0.2) is 16.3 Å². The van der Waals surface area contributed by atoms with Crippen LogP contribution in [0.1, 0.15) is 17.5 Å². The minimum absolute atomic E-state index is 0.0271. The SMILES string of the molecule is O=C(O)CC1Cc2cc(C(F)(F)F)ccc2S1. The van der Waals surface area contributed by atoms with E-state index in [0.29, 0.717) is 12.0 Å². The first-order valence-electron chi connectivity index (χ1n) is 4.95. The van der Waals surface area contributed by atoms with Crippen LogP contribution in [0, 0.1) is 0 Å². The number of carboxylic acids is 1. The van der Waals surface area contributed by atoms with Gasteiger partial charge in [-0.1, -0.05) is 0 Å². The highest BCUT2D eigenvalue weighted by Gasteiger charge is 2.33. The average Bonchev–Trinajstić information content (AvgIpc) is 2.55. The maximum absolute atomic E-state index is 12.5. The Labute approximate surface area is 99.8 Å². The van der Waals surface area contributed by atoms with E-state index >= 15 is 0 Å². The standard InChI is InChI=1S/C11H9F3O2S/c12-11(13,14)7-1-2-9-6(3-7)4-8(17-9)5-10(15)16/h1-3,8H,4-5H2,(H,15,16). The molecule has 0 aliphatic carbocycles. The second-order valence-electron chi connectivity index (χ2n) is 3.86. The zero-order valence-corrected chi connectivity index (χ0v) is 9.44. The lowest BCUT2D eigenvalue weighted by Gasteiger charge is -2.07. The first-order chi connectivity index (χ1) is 7.86. The van der Waals surface area contributed by atoms with Gasteiger partial charge in [-0.15, -0.1) is 11.8 Å². The van der Waals surface area contributed by atoms with Crippen LogP contribution in [0.3, 0.4) is 0 Å². The molecule has 0 radical (unpaired) electrons. The Balaban J connectivity index is 2.19. The fraction of sp³-hybridized carbons (Fsp3) is 0.364. The number of thioether (sulfide) groups is 1. The summed E-state index contributed by atoms with van der Waals surface area (Å²) in [5, 5.41) is 8.48. The molecule has 1 aliphatic heterocycles. The minimum atomic E-state index is -4.34. The summed E-state index contributed by atoms with van der Waals surface area (Å²) in [5.41, 5.74) is -0.0797. The van der Waals surface area contributed by atoms with Gasteiger partial charge in [0, 0.05) is 10.1 Å². The van der Waals surface area contributed by atoms with E-state index in [1.165, 1.54) is 17.8 Å². The third kappa shape index (κ3) is 2.74. The van der Waals surface area contributed by atoms with Crippen LogP contribution in [0.2, 0.25) is 0 Å². The van der Waals surface area contributed by atoms with Crippen molar-refractivity contribution < 1.29 is 23.1 Å². The van der Waals surface area contributed by atoms with Crippen molar-refractivity contribution in [2.24, 2.45) is 0 Å². The van der Waals surface area contributed by atoms with E-state index < -0.39 is 17.7 Å². The molecule has 17 heavy (non-hydrogen) atoms. The van der Waals surface area contributed by atoms with Crippen LogP contribution in [0.4, 0.5) is 13.2 Å². The van der Waals surface area contributed by atoms with Gasteiger partial charge in [0.2, 0.25) is 0 Å². The number of carbonyl (C=O) groups is 1. The fourth-order valence-corrected chi connectivity index (χ4v) is 3.09. The number of benzene rings is 1. The van der Waals surface area contributed by atoms with Crippen molar-refractivity contribution in [1.82, 2.24) is 0 Å². The Morgan fingerprint density at radius 2 is 2.18 bits per heavy atom. The number of hydrogen-bond acceptors (Lipinski definition) is 2. The quantitative estimate of drug-likeness (QED) is 0.889. The topological polar surface area (TPSA) is 37.3 Å². The van der Waals surface area contributed by atoms with Gasteiger partial charge in [0.25, 0.3) is 0 Å². The molecule has 1 heterocycles. The molecular formula is C11H9F3O2S. The first-order valence-corrected chi connectivity index (χ1v) is 5.83. The second kappa shape index (κ2) is 4.25. The number of fused-ring (bicyclic) bond motifs is 1. The molecule has 1 aromatic rings. The Kier molecular flexibility index (Phi) is 3.07. The number of alkyl halides is 3. The molecule has 0 bridgehead atoms. The Bertz CT molecular complexity index is 457. The largest absolute Gasteiger partial charge is 0.481 e. The van der Waals surface area contributed by atoms with Crippen molar-refractivity contribution in [2.45, 2.75) is 29.2 Å². The third-order valence-corrected chi connectivity index (χ3v) is 3.85. The van der Waals surface area contributed by atoms with Crippen molar-refractivity contribution in [3.8, 4) is 0 Å². The number of rotatable bonds is 2. The van der Waals surface area contributed by atoms with Gasteiger partial charge in [-0.2, -0.15) is 13.2 Å². The van der Waals surface area contributed by atoms with E-state index in [0.717, 1.165) is 17.0 Å². The fourth-order valence-electron chi connectivity index (χ4n) is 1.81. The third-order valence-electron chi connectivity index (χ3n) is 2.53. The maximum Gasteiger partial charge on any atom is 0.416 e. The lowest BCUT2D eigenvalue weighted by atomic mass is 10.1. The van der Waals surface area contributed by atoms with Crippen molar-refractivity contribution in [3.05, 3.63) is 29.3 Å². The summed E-state index contributed by atoms with van der Waals surface area (Å²) < 4.78 is 37.4. The number of hydrogen-bond donors (Lipinski definition) is 1. The lowest BCUT2D eigenvalue weighted by molar-refractivity contribution is -0.138. The van der Waals surface area contributed by atoms with Crippen LogP contribution in [0.15, 0.2) is 23.1 Å². The van der Waals surface area contributed by atoms with Crippen molar-refractivity contribution in [1.29, 1.82) is 0 Å². The van der Waals surface area contributed by atoms with E-state index in [1.54, 1.807) is 0 Å². The van der Waals surface area contributed by atoms with Crippen molar-refractivity contribution >= 4 is 17.7 Å². The molecule has 2 rings (SSSR count).